The van der Waals surface area contributed by atoms with E-state index in [9.17, 15) is 22.0 Å². The van der Waals surface area contributed by atoms with Crippen LogP contribution in [0.25, 0.3) is 0 Å². The molecule has 2 aromatic carbocycles. The molecule has 0 aliphatic carbocycles. The number of hydrogen-bond acceptors (Lipinski definition) is 3. The number of alkyl halides is 3. The summed E-state index contributed by atoms with van der Waals surface area (Å²) in [6.07, 6.45) is -2.87. The number of anilines is 3. The predicted molar refractivity (Wildman–Crippen MR) is 83.2 cm³/mol. The lowest BCUT2D eigenvalue weighted by atomic mass is 10.2. The summed E-state index contributed by atoms with van der Waals surface area (Å²) in [4.78, 5) is 0. The maximum Gasteiger partial charge on any atom is 0.416 e. The first-order valence-electron chi connectivity index (χ1n) is 6.14. The molecule has 2 aromatic rings. The molecule has 0 atom stereocenters. The van der Waals surface area contributed by atoms with E-state index in [1.807, 2.05) is 0 Å². The van der Waals surface area contributed by atoms with Gasteiger partial charge in [-0.3, -0.25) is 0 Å². The van der Waals surface area contributed by atoms with Crippen molar-refractivity contribution in [2.24, 2.45) is 0 Å². The van der Waals surface area contributed by atoms with Gasteiger partial charge in [0.25, 0.3) is 0 Å². The van der Waals surface area contributed by atoms with Crippen molar-refractivity contribution in [2.75, 3.05) is 16.3 Å². The van der Waals surface area contributed by atoms with Crippen LogP contribution in [-0.2, 0) is 6.18 Å². The lowest BCUT2D eigenvalue weighted by Crippen LogP contribution is -2.06. The molecule has 0 fully saturated rings. The molecule has 0 spiro atoms. The number of halogens is 6. The van der Waals surface area contributed by atoms with E-state index in [2.05, 4.69) is 10.0 Å². The molecule has 124 valence electrons. The third-order valence-corrected chi connectivity index (χ3v) is 3.60. The average molecular weight is 369 g/mol. The largest absolute Gasteiger partial charge is 0.416 e. The summed E-state index contributed by atoms with van der Waals surface area (Å²) in [7, 11) is 0. The van der Waals surface area contributed by atoms with Gasteiger partial charge in [-0.1, -0.05) is 23.5 Å². The third kappa shape index (κ3) is 4.00. The first-order valence-corrected chi connectivity index (χ1v) is 7.75. The monoisotopic (exact) mass is 368 g/mol. The fraction of sp³-hybridized carbons (Fsp3) is 0.143. The molecule has 0 bridgehead atoms. The highest BCUT2D eigenvalue weighted by molar-refractivity contribution is 7.99. The van der Waals surface area contributed by atoms with Crippen molar-refractivity contribution in [3.63, 3.8) is 0 Å². The first-order chi connectivity index (χ1) is 10.7. The molecule has 0 heterocycles. The van der Waals surface area contributed by atoms with Crippen molar-refractivity contribution in [1.29, 1.82) is 0 Å². The minimum absolute atomic E-state index is 0.0216. The van der Waals surface area contributed by atoms with E-state index in [1.165, 1.54) is 6.07 Å². The van der Waals surface area contributed by atoms with Crippen LogP contribution in [-0.4, -0.2) is 6.26 Å². The van der Waals surface area contributed by atoms with Gasteiger partial charge in [0, 0.05) is 6.26 Å². The molecule has 2 rings (SSSR count). The van der Waals surface area contributed by atoms with Gasteiger partial charge >= 0.3 is 6.18 Å². The van der Waals surface area contributed by atoms with Crippen molar-refractivity contribution in [1.82, 2.24) is 0 Å². The number of hydrogen-bond donors (Lipinski definition) is 2. The highest BCUT2D eigenvalue weighted by Crippen LogP contribution is 2.37. The summed E-state index contributed by atoms with van der Waals surface area (Å²) in [5, 5.41) is 2.26. The van der Waals surface area contributed by atoms with Crippen LogP contribution in [0.2, 0.25) is 5.02 Å². The van der Waals surface area contributed by atoms with E-state index in [4.69, 9.17) is 11.6 Å². The van der Waals surface area contributed by atoms with Gasteiger partial charge in [-0.25, -0.2) is 8.78 Å². The van der Waals surface area contributed by atoms with E-state index >= 15 is 0 Å². The Kier molecular flexibility index (Phi) is 5.26. The normalized spacial score (nSPS) is 11.4. The Labute approximate surface area is 138 Å². The smallest absolute Gasteiger partial charge is 0.350 e. The van der Waals surface area contributed by atoms with Crippen molar-refractivity contribution in [3.8, 4) is 0 Å². The Morgan fingerprint density at radius 3 is 2.26 bits per heavy atom. The zero-order chi connectivity index (χ0) is 17.2. The van der Waals surface area contributed by atoms with Gasteiger partial charge in [0.2, 0.25) is 0 Å². The van der Waals surface area contributed by atoms with Crippen molar-refractivity contribution in [3.05, 3.63) is 52.6 Å². The fourth-order valence-electron chi connectivity index (χ4n) is 1.80. The maximum atomic E-state index is 14.0. The van der Waals surface area contributed by atoms with Crippen molar-refractivity contribution >= 4 is 40.6 Å². The van der Waals surface area contributed by atoms with Gasteiger partial charge in [0.15, 0.2) is 11.6 Å². The SMILES string of the molecule is CSNc1ccc(F)c(F)c1Nc1ccc(C(F)(F)F)cc1Cl. The van der Waals surface area contributed by atoms with Crippen molar-refractivity contribution in [2.45, 2.75) is 6.18 Å². The van der Waals surface area contributed by atoms with Crippen LogP contribution in [0.1, 0.15) is 5.56 Å². The van der Waals surface area contributed by atoms with Gasteiger partial charge in [-0.2, -0.15) is 13.2 Å². The molecule has 9 heteroatoms. The zero-order valence-electron chi connectivity index (χ0n) is 11.6. The lowest BCUT2D eigenvalue weighted by molar-refractivity contribution is -0.137. The Hall–Kier alpha value is -1.67. The van der Waals surface area contributed by atoms with E-state index in [0.717, 1.165) is 30.1 Å². The molecule has 0 saturated carbocycles. The Balaban J connectivity index is 2.41. The second kappa shape index (κ2) is 6.84. The maximum absolute atomic E-state index is 14.0. The lowest BCUT2D eigenvalue weighted by Gasteiger charge is -2.16. The van der Waals surface area contributed by atoms with E-state index in [1.54, 1.807) is 6.26 Å². The molecular formula is C14H10ClF5N2S. The highest BCUT2D eigenvalue weighted by Gasteiger charge is 2.31. The molecule has 0 saturated heterocycles. The molecule has 0 aliphatic heterocycles. The zero-order valence-corrected chi connectivity index (χ0v) is 13.1. The second-order valence-corrected chi connectivity index (χ2v) is 5.43. The van der Waals surface area contributed by atoms with Crippen LogP contribution < -0.4 is 10.0 Å². The van der Waals surface area contributed by atoms with Crippen LogP contribution in [0.5, 0.6) is 0 Å². The molecule has 0 aromatic heterocycles. The second-order valence-electron chi connectivity index (χ2n) is 4.41. The molecule has 23 heavy (non-hydrogen) atoms. The summed E-state index contributed by atoms with van der Waals surface area (Å²) >= 11 is 6.95. The summed E-state index contributed by atoms with van der Waals surface area (Å²) in [5.41, 5.74) is -0.933. The number of nitrogens with one attached hydrogen (secondary N) is 2. The van der Waals surface area contributed by atoms with Crippen LogP contribution >= 0.6 is 23.5 Å². The highest BCUT2D eigenvalue weighted by atomic mass is 35.5. The van der Waals surface area contributed by atoms with Crippen LogP contribution in [0.4, 0.5) is 39.0 Å². The molecule has 0 radical (unpaired) electrons. The molecular weight excluding hydrogens is 359 g/mol. The molecule has 2 N–H and O–H groups in total. The molecule has 0 amide bonds. The van der Waals surface area contributed by atoms with Crippen molar-refractivity contribution < 1.29 is 22.0 Å². The Morgan fingerprint density at radius 1 is 1.04 bits per heavy atom. The van der Waals surface area contributed by atoms with Gasteiger partial charge in [-0.05, 0) is 30.3 Å². The topological polar surface area (TPSA) is 24.1 Å². The predicted octanol–water partition coefficient (Wildman–Crippen LogP) is 6.07. The number of benzene rings is 2. The Morgan fingerprint density at radius 2 is 1.70 bits per heavy atom. The van der Waals surface area contributed by atoms with E-state index in [-0.39, 0.29) is 22.1 Å². The van der Waals surface area contributed by atoms with Crippen LogP contribution in [0, 0.1) is 11.6 Å². The van der Waals surface area contributed by atoms with Gasteiger partial charge in [0.05, 0.1) is 22.0 Å². The van der Waals surface area contributed by atoms with Gasteiger partial charge < -0.3 is 10.0 Å². The molecule has 2 nitrogen and oxygen atoms in total. The quantitative estimate of drug-likeness (QED) is 0.506. The summed E-state index contributed by atoms with van der Waals surface area (Å²) < 4.78 is 67.9. The Bertz CT molecular complexity index is 721. The van der Waals surface area contributed by atoms with Gasteiger partial charge in [0.1, 0.15) is 5.69 Å². The van der Waals surface area contributed by atoms with Crippen LogP contribution in [0.3, 0.4) is 0 Å². The summed E-state index contributed by atoms with van der Waals surface area (Å²) in [5.74, 6) is -2.26. The minimum Gasteiger partial charge on any atom is -0.350 e. The third-order valence-electron chi connectivity index (χ3n) is 2.86. The van der Waals surface area contributed by atoms with Crippen LogP contribution in [0.15, 0.2) is 30.3 Å². The molecule has 0 aliphatic rings. The average Bonchev–Trinajstić information content (AvgIpc) is 2.47. The number of rotatable bonds is 4. The van der Waals surface area contributed by atoms with E-state index in [0.29, 0.717) is 6.07 Å². The standard InChI is InChI=1S/C14H10ClF5N2S/c1-23-22-11-5-3-9(16)12(17)13(11)21-10-4-2-7(6-8(10)15)14(18,19)20/h2-6,21-22H,1H3. The minimum atomic E-state index is -4.54. The van der Waals surface area contributed by atoms with Gasteiger partial charge in [-0.15, -0.1) is 0 Å². The summed E-state index contributed by atoms with van der Waals surface area (Å²) in [6.45, 7) is 0. The van der Waals surface area contributed by atoms with E-state index < -0.39 is 23.4 Å². The summed E-state index contributed by atoms with van der Waals surface area (Å²) in [6, 6.07) is 4.80. The first kappa shape index (κ1) is 17.7. The fourth-order valence-corrected chi connectivity index (χ4v) is 2.41. The molecule has 0 unspecified atom stereocenters.